The molecule has 1 heterocycles. The number of aryl methyl sites for hydroxylation is 1. The van der Waals surface area contributed by atoms with E-state index in [1.807, 2.05) is 6.20 Å². The van der Waals surface area contributed by atoms with Gasteiger partial charge in [0.25, 0.3) is 0 Å². The predicted molar refractivity (Wildman–Crippen MR) is 52.6 cm³/mol. The molecule has 0 aliphatic carbocycles. The van der Waals surface area contributed by atoms with Gasteiger partial charge in [-0.05, 0) is 12.8 Å². The number of hydrogen-bond donors (Lipinski definition) is 2. The molecule has 0 unspecified atom stereocenters. The second kappa shape index (κ2) is 7.34. The number of carboxylic acids is 1. The van der Waals surface area contributed by atoms with Gasteiger partial charge in [-0.15, -0.1) is 12.4 Å². The quantitative estimate of drug-likeness (QED) is 0.698. The summed E-state index contributed by atoms with van der Waals surface area (Å²) in [5, 5.41) is 8.25. The molecule has 1 aromatic rings. The number of halogens is 1. The van der Waals surface area contributed by atoms with Gasteiger partial charge in [-0.1, -0.05) is 0 Å². The standard InChI is InChI=1S/C8H12N2O3.ClH/c11-8(12)5-13-3-1-2-7-4-9-6-10-7;/h4,6H,1-3,5H2,(H,9,10)(H,11,12);1H. The first-order valence-corrected chi connectivity index (χ1v) is 4.06. The van der Waals surface area contributed by atoms with Crippen molar-refractivity contribution in [2.45, 2.75) is 12.8 Å². The molecule has 80 valence electrons. The Morgan fingerprint density at radius 3 is 3.00 bits per heavy atom. The Labute approximate surface area is 87.9 Å². The highest BCUT2D eigenvalue weighted by Crippen LogP contribution is 1.96. The van der Waals surface area contributed by atoms with Crippen molar-refractivity contribution in [3.63, 3.8) is 0 Å². The van der Waals surface area contributed by atoms with Crippen molar-refractivity contribution in [1.82, 2.24) is 9.97 Å². The lowest BCUT2D eigenvalue weighted by Crippen LogP contribution is -2.08. The maximum Gasteiger partial charge on any atom is 0.329 e. The van der Waals surface area contributed by atoms with E-state index in [9.17, 15) is 4.79 Å². The number of rotatable bonds is 6. The maximum absolute atomic E-state index is 10.0. The van der Waals surface area contributed by atoms with E-state index in [-0.39, 0.29) is 19.0 Å². The minimum atomic E-state index is -0.931. The van der Waals surface area contributed by atoms with E-state index in [1.165, 1.54) is 0 Å². The molecule has 1 rings (SSSR count). The number of H-pyrrole nitrogens is 1. The Hall–Kier alpha value is -1.07. The molecule has 6 heteroatoms. The fraction of sp³-hybridized carbons (Fsp3) is 0.500. The van der Waals surface area contributed by atoms with E-state index in [1.54, 1.807) is 6.33 Å². The summed E-state index contributed by atoms with van der Waals surface area (Å²) in [6.07, 6.45) is 5.03. The third-order valence-electron chi connectivity index (χ3n) is 1.50. The summed E-state index contributed by atoms with van der Waals surface area (Å²) >= 11 is 0. The number of aromatic nitrogens is 2. The molecule has 1 aromatic heterocycles. The fourth-order valence-electron chi connectivity index (χ4n) is 0.942. The van der Waals surface area contributed by atoms with E-state index in [2.05, 4.69) is 9.97 Å². The zero-order chi connectivity index (χ0) is 9.52. The molecule has 0 aliphatic heterocycles. The molecule has 0 bridgehead atoms. The van der Waals surface area contributed by atoms with Crippen molar-refractivity contribution < 1.29 is 14.6 Å². The molecule has 0 saturated carbocycles. The van der Waals surface area contributed by atoms with Crippen molar-refractivity contribution in [1.29, 1.82) is 0 Å². The van der Waals surface area contributed by atoms with Crippen LogP contribution in [0.5, 0.6) is 0 Å². The summed E-state index contributed by atoms with van der Waals surface area (Å²) in [6, 6.07) is 0. The molecule has 0 atom stereocenters. The molecule has 0 saturated heterocycles. The Bertz CT molecular complexity index is 251. The highest BCUT2D eigenvalue weighted by Gasteiger charge is 1.97. The van der Waals surface area contributed by atoms with Gasteiger partial charge in [0.05, 0.1) is 12.0 Å². The molecule has 0 spiro atoms. The van der Waals surface area contributed by atoms with Crippen LogP contribution in [0.15, 0.2) is 12.5 Å². The van der Waals surface area contributed by atoms with Gasteiger partial charge in [-0.2, -0.15) is 0 Å². The summed E-state index contributed by atoms with van der Waals surface area (Å²) in [5.41, 5.74) is 0.971. The number of carboxylic acid groups (broad SMARTS) is 1. The fourth-order valence-corrected chi connectivity index (χ4v) is 0.942. The lowest BCUT2D eigenvalue weighted by Gasteiger charge is -1.98. The number of hydrogen-bond acceptors (Lipinski definition) is 3. The minimum absolute atomic E-state index is 0. The number of nitrogens with zero attached hydrogens (tertiary/aromatic N) is 1. The Morgan fingerprint density at radius 1 is 1.64 bits per heavy atom. The van der Waals surface area contributed by atoms with Gasteiger partial charge in [-0.25, -0.2) is 9.78 Å². The normalized spacial score (nSPS) is 9.43. The average molecular weight is 221 g/mol. The molecule has 0 fully saturated rings. The van der Waals surface area contributed by atoms with Crippen molar-refractivity contribution in [2.24, 2.45) is 0 Å². The van der Waals surface area contributed by atoms with Crippen LogP contribution in [0.3, 0.4) is 0 Å². The molecule has 14 heavy (non-hydrogen) atoms. The number of aromatic amines is 1. The van der Waals surface area contributed by atoms with Crippen LogP contribution >= 0.6 is 12.4 Å². The van der Waals surface area contributed by atoms with Crippen LogP contribution in [-0.4, -0.2) is 34.3 Å². The number of imidazole rings is 1. The number of aliphatic carboxylic acids is 1. The van der Waals surface area contributed by atoms with Crippen LogP contribution in [0.2, 0.25) is 0 Å². The van der Waals surface area contributed by atoms with E-state index < -0.39 is 5.97 Å². The maximum atomic E-state index is 10.0. The minimum Gasteiger partial charge on any atom is -0.480 e. The third kappa shape index (κ3) is 5.55. The van der Waals surface area contributed by atoms with Gasteiger partial charge in [0, 0.05) is 12.8 Å². The smallest absolute Gasteiger partial charge is 0.329 e. The van der Waals surface area contributed by atoms with Crippen molar-refractivity contribution >= 4 is 18.4 Å². The van der Waals surface area contributed by atoms with Gasteiger partial charge in [0.1, 0.15) is 6.61 Å². The zero-order valence-electron chi connectivity index (χ0n) is 7.60. The second-order valence-corrected chi connectivity index (χ2v) is 2.61. The van der Waals surface area contributed by atoms with E-state index in [0.717, 1.165) is 18.5 Å². The van der Waals surface area contributed by atoms with Gasteiger partial charge in [0.15, 0.2) is 0 Å². The Kier molecular flexibility index (Phi) is 6.78. The highest BCUT2D eigenvalue weighted by molar-refractivity contribution is 5.85. The molecule has 5 nitrogen and oxygen atoms in total. The number of ether oxygens (including phenoxy) is 1. The van der Waals surface area contributed by atoms with Crippen LogP contribution in [0.4, 0.5) is 0 Å². The van der Waals surface area contributed by atoms with E-state index >= 15 is 0 Å². The highest BCUT2D eigenvalue weighted by atomic mass is 35.5. The van der Waals surface area contributed by atoms with Crippen molar-refractivity contribution in [3.05, 3.63) is 18.2 Å². The van der Waals surface area contributed by atoms with Gasteiger partial charge in [0.2, 0.25) is 0 Å². The number of nitrogens with one attached hydrogen (secondary N) is 1. The summed E-state index contributed by atoms with van der Waals surface area (Å²) in [7, 11) is 0. The first kappa shape index (κ1) is 12.9. The molecule has 0 aromatic carbocycles. The van der Waals surface area contributed by atoms with E-state index in [0.29, 0.717) is 6.61 Å². The summed E-state index contributed by atoms with van der Waals surface area (Å²) in [4.78, 5) is 16.9. The predicted octanol–water partition coefficient (Wildman–Crippen LogP) is 0.865. The lowest BCUT2D eigenvalue weighted by atomic mass is 10.3. The Balaban J connectivity index is 0.00000169. The summed E-state index contributed by atoms with van der Waals surface area (Å²) in [5.74, 6) is -0.931. The van der Waals surface area contributed by atoms with Gasteiger partial charge < -0.3 is 14.8 Å². The third-order valence-corrected chi connectivity index (χ3v) is 1.50. The topological polar surface area (TPSA) is 75.2 Å². The molecular weight excluding hydrogens is 208 g/mol. The summed E-state index contributed by atoms with van der Waals surface area (Å²) < 4.78 is 4.86. The molecule has 0 amide bonds. The van der Waals surface area contributed by atoms with Crippen molar-refractivity contribution in [2.75, 3.05) is 13.2 Å². The molecule has 0 radical (unpaired) electrons. The van der Waals surface area contributed by atoms with Crippen LogP contribution in [0, 0.1) is 0 Å². The summed E-state index contributed by atoms with van der Waals surface area (Å²) in [6.45, 7) is 0.236. The largest absolute Gasteiger partial charge is 0.480 e. The SMILES string of the molecule is Cl.O=C(O)COCCCc1c[nH]cn1. The monoisotopic (exact) mass is 220 g/mol. The first-order valence-electron chi connectivity index (χ1n) is 4.06. The first-order chi connectivity index (χ1) is 6.29. The lowest BCUT2D eigenvalue weighted by molar-refractivity contribution is -0.142. The second-order valence-electron chi connectivity index (χ2n) is 2.61. The van der Waals surface area contributed by atoms with Crippen LogP contribution in [-0.2, 0) is 16.0 Å². The molecule has 0 aliphatic rings. The van der Waals surface area contributed by atoms with Gasteiger partial charge in [-0.3, -0.25) is 0 Å². The van der Waals surface area contributed by atoms with Gasteiger partial charge >= 0.3 is 5.97 Å². The molecular formula is C8H13ClN2O3. The molecule has 2 N–H and O–H groups in total. The average Bonchev–Trinajstić information content (AvgIpc) is 2.55. The number of carbonyl (C=O) groups is 1. The van der Waals surface area contributed by atoms with Crippen molar-refractivity contribution in [3.8, 4) is 0 Å². The Morgan fingerprint density at radius 2 is 2.43 bits per heavy atom. The van der Waals surface area contributed by atoms with Crippen LogP contribution < -0.4 is 0 Å². The van der Waals surface area contributed by atoms with Crippen LogP contribution in [0.1, 0.15) is 12.1 Å². The van der Waals surface area contributed by atoms with E-state index in [4.69, 9.17) is 9.84 Å². The zero-order valence-corrected chi connectivity index (χ0v) is 8.42. The van der Waals surface area contributed by atoms with Crippen LogP contribution in [0.25, 0.3) is 0 Å².